The Hall–Kier alpha value is -0.940. The van der Waals surface area contributed by atoms with Gasteiger partial charge in [0.1, 0.15) is 0 Å². The number of nitrogens with one attached hydrogen (secondary N) is 1. The normalized spacial score (nSPS) is 18.2. The summed E-state index contributed by atoms with van der Waals surface area (Å²) in [5.74, 6) is 0.0283. The number of ether oxygens (including phenoxy) is 1. The summed E-state index contributed by atoms with van der Waals surface area (Å²) in [6.07, 6.45) is 5.05. The van der Waals surface area contributed by atoms with Gasteiger partial charge in [-0.2, -0.15) is 0 Å². The van der Waals surface area contributed by atoms with Gasteiger partial charge in [-0.05, 0) is 34.0 Å². The Morgan fingerprint density at radius 2 is 2.44 bits per heavy atom. The molecule has 1 N–H and O–H groups in total. The van der Waals surface area contributed by atoms with E-state index in [9.17, 15) is 4.79 Å². The first-order valence-corrected chi connectivity index (χ1v) is 6.01. The van der Waals surface area contributed by atoms with E-state index in [4.69, 9.17) is 4.74 Å². The fourth-order valence-corrected chi connectivity index (χ4v) is 1.82. The van der Waals surface area contributed by atoms with Gasteiger partial charge in [-0.25, -0.2) is 0 Å². The van der Waals surface area contributed by atoms with Gasteiger partial charge < -0.3 is 10.1 Å². The number of halogens is 1. The third-order valence-corrected chi connectivity index (χ3v) is 2.75. The molecule has 0 aliphatic carbocycles. The van der Waals surface area contributed by atoms with E-state index in [1.807, 2.05) is 6.07 Å². The molecular weight excluding hydrogens is 272 g/mol. The molecule has 1 saturated heterocycles. The third kappa shape index (κ3) is 3.90. The highest BCUT2D eigenvalue weighted by atomic mass is 79.9. The SMILES string of the molecule is O=C(Cc1cncc(Br)c1)NCC[C@@H]1CO1. The molecule has 2 heterocycles. The van der Waals surface area contributed by atoms with Crippen LogP contribution in [0.2, 0.25) is 0 Å². The van der Waals surface area contributed by atoms with Crippen LogP contribution in [0, 0.1) is 0 Å². The summed E-state index contributed by atoms with van der Waals surface area (Å²) in [7, 11) is 0. The van der Waals surface area contributed by atoms with Crippen LogP contribution in [0.4, 0.5) is 0 Å². The van der Waals surface area contributed by atoms with Crippen LogP contribution < -0.4 is 5.32 Å². The molecule has 1 aromatic heterocycles. The Kier molecular flexibility index (Phi) is 3.90. The Morgan fingerprint density at radius 3 is 3.12 bits per heavy atom. The van der Waals surface area contributed by atoms with Crippen molar-refractivity contribution in [3.63, 3.8) is 0 Å². The molecule has 1 aliphatic heterocycles. The topological polar surface area (TPSA) is 54.5 Å². The van der Waals surface area contributed by atoms with Crippen molar-refractivity contribution >= 4 is 21.8 Å². The van der Waals surface area contributed by atoms with Crippen LogP contribution in [0.15, 0.2) is 22.9 Å². The maximum Gasteiger partial charge on any atom is 0.224 e. The van der Waals surface area contributed by atoms with Crippen molar-refractivity contribution in [3.05, 3.63) is 28.5 Å². The van der Waals surface area contributed by atoms with Gasteiger partial charge >= 0.3 is 0 Å². The minimum absolute atomic E-state index is 0.0283. The highest BCUT2D eigenvalue weighted by Gasteiger charge is 2.21. The number of epoxide rings is 1. The predicted molar refractivity (Wildman–Crippen MR) is 63.0 cm³/mol. The second-order valence-corrected chi connectivity index (χ2v) is 4.70. The Balaban J connectivity index is 1.73. The van der Waals surface area contributed by atoms with Crippen molar-refractivity contribution in [1.82, 2.24) is 10.3 Å². The number of hydrogen-bond donors (Lipinski definition) is 1. The number of aromatic nitrogens is 1. The molecule has 1 atom stereocenters. The molecule has 1 aliphatic rings. The van der Waals surface area contributed by atoms with Gasteiger partial charge in [-0.15, -0.1) is 0 Å². The number of nitrogens with zero attached hydrogens (tertiary/aromatic N) is 1. The number of pyridine rings is 1. The molecule has 0 bridgehead atoms. The first-order valence-electron chi connectivity index (χ1n) is 5.22. The summed E-state index contributed by atoms with van der Waals surface area (Å²) in [5.41, 5.74) is 0.912. The summed E-state index contributed by atoms with van der Waals surface area (Å²) in [6.45, 7) is 1.52. The van der Waals surface area contributed by atoms with Crippen molar-refractivity contribution in [3.8, 4) is 0 Å². The number of rotatable bonds is 5. The fourth-order valence-electron chi connectivity index (χ4n) is 1.41. The third-order valence-electron chi connectivity index (χ3n) is 2.32. The van der Waals surface area contributed by atoms with Crippen molar-refractivity contribution < 1.29 is 9.53 Å². The lowest BCUT2D eigenvalue weighted by molar-refractivity contribution is -0.120. The molecule has 2 rings (SSSR count). The maximum absolute atomic E-state index is 11.5. The molecular formula is C11H13BrN2O2. The van der Waals surface area contributed by atoms with Gasteiger partial charge in [0.25, 0.3) is 0 Å². The van der Waals surface area contributed by atoms with Gasteiger partial charge in [-0.1, -0.05) is 0 Å². The fraction of sp³-hybridized carbons (Fsp3) is 0.455. The van der Waals surface area contributed by atoms with Gasteiger partial charge in [-0.3, -0.25) is 9.78 Å². The maximum atomic E-state index is 11.5. The second-order valence-electron chi connectivity index (χ2n) is 3.78. The molecule has 0 unspecified atom stereocenters. The van der Waals surface area contributed by atoms with Crippen molar-refractivity contribution in [2.45, 2.75) is 18.9 Å². The molecule has 0 aromatic carbocycles. The molecule has 16 heavy (non-hydrogen) atoms. The van der Waals surface area contributed by atoms with E-state index in [1.54, 1.807) is 12.4 Å². The molecule has 1 aromatic rings. The van der Waals surface area contributed by atoms with Crippen LogP contribution in [0.5, 0.6) is 0 Å². The van der Waals surface area contributed by atoms with Crippen LogP contribution in [-0.2, 0) is 16.0 Å². The monoisotopic (exact) mass is 284 g/mol. The minimum Gasteiger partial charge on any atom is -0.373 e. The van der Waals surface area contributed by atoms with E-state index in [0.717, 1.165) is 23.1 Å². The second kappa shape index (κ2) is 5.41. The van der Waals surface area contributed by atoms with E-state index in [0.29, 0.717) is 19.1 Å². The van der Waals surface area contributed by atoms with Gasteiger partial charge in [0, 0.05) is 23.4 Å². The molecule has 4 nitrogen and oxygen atoms in total. The molecule has 1 fully saturated rings. The summed E-state index contributed by atoms with van der Waals surface area (Å²) >= 11 is 3.32. The average Bonchev–Trinajstić information content (AvgIpc) is 3.01. The van der Waals surface area contributed by atoms with E-state index in [1.165, 1.54) is 0 Å². The number of carbonyl (C=O) groups is 1. The molecule has 0 saturated carbocycles. The number of hydrogen-bond acceptors (Lipinski definition) is 3. The molecule has 0 radical (unpaired) electrons. The highest BCUT2D eigenvalue weighted by molar-refractivity contribution is 9.10. The summed E-state index contributed by atoms with van der Waals surface area (Å²) in [6, 6.07) is 1.90. The number of amides is 1. The Bertz CT molecular complexity index is 380. The first-order chi connectivity index (χ1) is 7.74. The largest absolute Gasteiger partial charge is 0.373 e. The highest BCUT2D eigenvalue weighted by Crippen LogP contribution is 2.12. The zero-order chi connectivity index (χ0) is 11.4. The summed E-state index contributed by atoms with van der Waals surface area (Å²) in [4.78, 5) is 15.5. The Morgan fingerprint density at radius 1 is 1.62 bits per heavy atom. The molecule has 1 amide bonds. The molecule has 86 valence electrons. The zero-order valence-corrected chi connectivity index (χ0v) is 10.4. The van der Waals surface area contributed by atoms with E-state index < -0.39 is 0 Å². The lowest BCUT2D eigenvalue weighted by atomic mass is 10.2. The van der Waals surface area contributed by atoms with E-state index in [2.05, 4.69) is 26.2 Å². The van der Waals surface area contributed by atoms with E-state index in [-0.39, 0.29) is 5.91 Å². The van der Waals surface area contributed by atoms with Gasteiger partial charge in [0.05, 0.1) is 19.1 Å². The smallest absolute Gasteiger partial charge is 0.224 e. The zero-order valence-electron chi connectivity index (χ0n) is 8.78. The lowest BCUT2D eigenvalue weighted by Gasteiger charge is -2.04. The van der Waals surface area contributed by atoms with Crippen LogP contribution in [0.3, 0.4) is 0 Å². The van der Waals surface area contributed by atoms with Crippen LogP contribution in [0.25, 0.3) is 0 Å². The summed E-state index contributed by atoms with van der Waals surface area (Å²) in [5, 5.41) is 2.86. The van der Waals surface area contributed by atoms with Gasteiger partial charge in [0.2, 0.25) is 5.91 Å². The number of carbonyl (C=O) groups excluding carboxylic acids is 1. The van der Waals surface area contributed by atoms with E-state index >= 15 is 0 Å². The summed E-state index contributed by atoms with van der Waals surface area (Å²) < 4.78 is 5.95. The predicted octanol–water partition coefficient (Wildman–Crippen LogP) is 1.29. The van der Waals surface area contributed by atoms with Crippen LogP contribution in [-0.4, -0.2) is 30.1 Å². The quantitative estimate of drug-likeness (QED) is 0.829. The standard InChI is InChI=1S/C11H13BrN2O2/c12-9-3-8(5-13-6-9)4-11(15)14-2-1-10-7-16-10/h3,5-6,10H,1-2,4,7H2,(H,14,15)/t10-/m1/s1. The first kappa shape index (κ1) is 11.5. The lowest BCUT2D eigenvalue weighted by Crippen LogP contribution is -2.26. The van der Waals surface area contributed by atoms with Crippen LogP contribution in [0.1, 0.15) is 12.0 Å². The van der Waals surface area contributed by atoms with Crippen molar-refractivity contribution in [2.75, 3.05) is 13.2 Å². The molecule has 5 heteroatoms. The van der Waals surface area contributed by atoms with Crippen molar-refractivity contribution in [2.24, 2.45) is 0 Å². The Labute approximate surface area is 103 Å². The van der Waals surface area contributed by atoms with Gasteiger partial charge in [0.15, 0.2) is 0 Å². The van der Waals surface area contributed by atoms with Crippen LogP contribution >= 0.6 is 15.9 Å². The average molecular weight is 285 g/mol. The minimum atomic E-state index is 0.0283. The molecule has 0 spiro atoms. The van der Waals surface area contributed by atoms with Crippen molar-refractivity contribution in [1.29, 1.82) is 0 Å².